The van der Waals surface area contributed by atoms with Gasteiger partial charge in [-0.25, -0.2) is 29.5 Å². The second kappa shape index (κ2) is 34.0. The number of aliphatic hydroxyl groups is 1. The molecule has 0 amide bonds. The van der Waals surface area contributed by atoms with Crippen LogP contribution in [0.1, 0.15) is 38.1 Å². The van der Waals surface area contributed by atoms with Crippen molar-refractivity contribution in [2.45, 2.75) is 26.2 Å². The van der Waals surface area contributed by atoms with E-state index >= 15 is 0 Å². The van der Waals surface area contributed by atoms with Crippen LogP contribution < -0.4 is 4.73 Å². The van der Waals surface area contributed by atoms with Crippen molar-refractivity contribution in [1.82, 2.24) is 29.9 Å². The Morgan fingerprint density at radius 1 is 0.672 bits per heavy atom. The van der Waals surface area contributed by atoms with E-state index in [0.717, 1.165) is 27.9 Å². The largest absolute Gasteiger partial charge is 0.619 e. The molecule has 330 valence electrons. The lowest BCUT2D eigenvalue weighted by Gasteiger charge is -1.98. The third-order valence-corrected chi connectivity index (χ3v) is 10.4. The van der Waals surface area contributed by atoms with Crippen LogP contribution >= 0.6 is 96.6 Å². The van der Waals surface area contributed by atoms with Crippen LogP contribution in [0, 0.1) is 27.9 Å². The zero-order chi connectivity index (χ0) is 47.7. The summed E-state index contributed by atoms with van der Waals surface area (Å²) in [5.74, 6) is -2.03. The fourth-order valence-corrected chi connectivity index (χ4v) is 6.18. The van der Waals surface area contributed by atoms with Gasteiger partial charge in [-0.15, -0.1) is 48.8 Å². The number of hydrogen-bond acceptors (Lipinski definition) is 16. The van der Waals surface area contributed by atoms with Gasteiger partial charge < -0.3 is 20.5 Å². The van der Waals surface area contributed by atoms with Crippen molar-refractivity contribution in [3.8, 4) is 12.1 Å². The maximum Gasteiger partial charge on any atom is 0.355 e. The number of halogens is 3. The van der Waals surface area contributed by atoms with Crippen LogP contribution in [0.3, 0.4) is 0 Å². The van der Waals surface area contributed by atoms with Crippen LogP contribution in [-0.4, -0.2) is 69.7 Å². The molecule has 7 heterocycles. The predicted octanol–water partition coefficient (Wildman–Crippen LogP) is 9.75. The predicted molar refractivity (Wildman–Crippen MR) is 261 cm³/mol. The molecule has 64 heavy (non-hydrogen) atoms. The first-order valence-corrected chi connectivity index (χ1v) is 23.1. The maximum absolute atomic E-state index is 10.5. The number of aromatic carboxylic acids is 2. The number of rotatable bonds is 5. The minimum atomic E-state index is -1.05. The highest BCUT2D eigenvalue weighted by Crippen LogP contribution is 2.18. The zero-order valence-electron chi connectivity index (χ0n) is 33.4. The number of carboxylic acid groups (broad SMARTS) is 2. The first-order valence-electron chi connectivity index (χ1n) is 17.4. The van der Waals surface area contributed by atoms with Gasteiger partial charge in [-0.1, -0.05) is 0 Å². The highest BCUT2D eigenvalue weighted by Gasteiger charge is 2.09. The summed E-state index contributed by atoms with van der Waals surface area (Å²) in [7, 11) is 0. The third kappa shape index (κ3) is 23.9. The van der Waals surface area contributed by atoms with E-state index in [9.17, 15) is 14.8 Å². The highest BCUT2D eigenvalue weighted by atomic mass is 79.9. The van der Waals surface area contributed by atoms with Crippen molar-refractivity contribution in [2.24, 2.45) is 0 Å². The van der Waals surface area contributed by atoms with Crippen LogP contribution in [0.4, 0.5) is 0 Å². The van der Waals surface area contributed by atoms with Gasteiger partial charge in [0, 0.05) is 73.5 Å². The lowest BCUT2D eigenvalue weighted by atomic mass is 10.3. The topological polar surface area (TPSA) is 247 Å². The van der Waals surface area contributed by atoms with Crippen LogP contribution in [0.25, 0.3) is 0 Å². The number of carboxylic acids is 2. The molecule has 0 bridgehead atoms. The summed E-state index contributed by atoms with van der Waals surface area (Å²) in [6.07, 6.45) is 17.9. The SMILES string of the molecule is Brc1cccnc1.CSc1cccnc1C#N.CSc1cccnc1C(=O)O.N#Cc1ncccc1Br.O=C(O)c1ncccc1S.OCc1ncccc1S.[O-][n+]1cccc(Br)c1. The average molecular weight is 1130 g/mol. The molecular formula is C42H36Br3N9O6S4. The Morgan fingerprint density at radius 3 is 1.53 bits per heavy atom. The van der Waals surface area contributed by atoms with E-state index in [-0.39, 0.29) is 18.0 Å². The molecule has 0 aliphatic rings. The van der Waals surface area contributed by atoms with Crippen molar-refractivity contribution < 1.29 is 29.6 Å². The molecule has 7 rings (SSSR count). The van der Waals surface area contributed by atoms with Gasteiger partial charge in [0.15, 0.2) is 35.2 Å². The second-order valence-corrected chi connectivity index (χ2v) is 16.2. The van der Waals surface area contributed by atoms with Crippen LogP contribution in [0.2, 0.25) is 0 Å². The number of thiol groups is 2. The fourth-order valence-electron chi connectivity index (χ4n) is 3.71. The standard InChI is InChI=1S/C7H6N2S.C7H7NO2S.C6H3BrN2.C6H5NO2S.C6H7NOS.C5H4BrNO.C5H4BrN/c1-10-7-3-2-4-9-6(7)5-8;1-11-5-3-2-4-8-6(5)7(9)10;7-5-2-1-3-9-6(5)4-8;8-6(9)5-4(10)2-1-3-7-5;8-4-5-6(9)2-1-3-7-5;6-5-2-1-3-7(8)4-5;6-5-2-1-3-7-4-5/h2-4H,1H3;2-4H,1H3,(H,9,10);1-3H;1-3,10H,(H,8,9);1-3,8-9H,4H2;1-4H;1-4H. The molecule has 15 nitrogen and oxygen atoms in total. The molecular weight excluding hydrogens is 1090 g/mol. The number of nitrogens with zero attached hydrogens (tertiary/aromatic N) is 9. The first kappa shape index (κ1) is 56.6. The van der Waals surface area contributed by atoms with Gasteiger partial charge in [0.1, 0.15) is 12.1 Å². The molecule has 0 spiro atoms. The van der Waals surface area contributed by atoms with Crippen LogP contribution in [0.5, 0.6) is 0 Å². The summed E-state index contributed by atoms with van der Waals surface area (Å²) in [6, 6.07) is 28.8. The summed E-state index contributed by atoms with van der Waals surface area (Å²) in [5.41, 5.74) is 1.68. The van der Waals surface area contributed by atoms with Crippen molar-refractivity contribution in [1.29, 1.82) is 10.5 Å². The number of pyridine rings is 7. The minimum Gasteiger partial charge on any atom is -0.619 e. The minimum absolute atomic E-state index is 0.00849. The molecule has 22 heteroatoms. The van der Waals surface area contributed by atoms with E-state index in [0.29, 0.717) is 26.9 Å². The molecule has 7 aromatic heterocycles. The van der Waals surface area contributed by atoms with Crippen molar-refractivity contribution in [2.75, 3.05) is 12.5 Å². The van der Waals surface area contributed by atoms with Gasteiger partial charge in [-0.05, 0) is 139 Å². The summed E-state index contributed by atoms with van der Waals surface area (Å²) < 4.78 is 3.31. The normalized spacial score (nSPS) is 9.09. The summed E-state index contributed by atoms with van der Waals surface area (Å²) in [5, 5.41) is 53.0. The monoisotopic (exact) mass is 1130 g/mol. The molecule has 0 unspecified atom stereocenters. The van der Waals surface area contributed by atoms with Crippen molar-refractivity contribution in [3.63, 3.8) is 0 Å². The summed E-state index contributed by atoms with van der Waals surface area (Å²) in [6.45, 7) is -0.0420. The molecule has 0 aliphatic carbocycles. The van der Waals surface area contributed by atoms with E-state index in [2.05, 4.69) is 103 Å². The number of carbonyl (C=O) groups is 2. The molecule has 7 aromatic rings. The van der Waals surface area contributed by atoms with E-state index in [1.807, 2.05) is 48.9 Å². The number of aromatic nitrogens is 7. The Labute approximate surface area is 414 Å². The van der Waals surface area contributed by atoms with Gasteiger partial charge in [0.25, 0.3) is 0 Å². The van der Waals surface area contributed by atoms with E-state index in [4.69, 9.17) is 25.8 Å². The molecule has 0 atom stereocenters. The van der Waals surface area contributed by atoms with E-state index in [1.165, 1.54) is 48.3 Å². The molecule has 0 aliphatic heterocycles. The van der Waals surface area contributed by atoms with Crippen LogP contribution in [-0.2, 0) is 6.61 Å². The molecule has 3 N–H and O–H groups in total. The first-order chi connectivity index (χ1) is 30.7. The number of aliphatic hydroxyl groups excluding tert-OH is 1. The van der Waals surface area contributed by atoms with Crippen molar-refractivity contribution in [3.05, 3.63) is 188 Å². The smallest absolute Gasteiger partial charge is 0.355 e. The number of hydrogen-bond donors (Lipinski definition) is 5. The quantitative estimate of drug-likeness (QED) is 0.0466. The molecule has 0 fully saturated rings. The third-order valence-electron chi connectivity index (χ3n) is 6.52. The molecule has 0 saturated heterocycles. The molecule has 0 aromatic carbocycles. The van der Waals surface area contributed by atoms with Gasteiger partial charge in [0.05, 0.1) is 21.2 Å². The Kier molecular flexibility index (Phi) is 30.1. The lowest BCUT2D eigenvalue weighted by Crippen LogP contribution is -2.23. The second-order valence-electron chi connectivity index (χ2n) is 10.8. The van der Waals surface area contributed by atoms with Gasteiger partial charge in [-0.2, -0.15) is 15.3 Å². The van der Waals surface area contributed by atoms with E-state index < -0.39 is 11.9 Å². The van der Waals surface area contributed by atoms with Crippen LogP contribution in [0.15, 0.2) is 174 Å². The Morgan fingerprint density at radius 2 is 1.17 bits per heavy atom. The Bertz CT molecular complexity index is 2560. The number of thioether (sulfide) groups is 2. The lowest BCUT2D eigenvalue weighted by molar-refractivity contribution is -0.606. The number of nitriles is 2. The summed E-state index contributed by atoms with van der Waals surface area (Å²) >= 11 is 20.4. The Balaban J connectivity index is 0.000000375. The highest BCUT2D eigenvalue weighted by molar-refractivity contribution is 9.11. The maximum atomic E-state index is 10.5. The molecule has 0 saturated carbocycles. The Hall–Kier alpha value is -5.43. The van der Waals surface area contributed by atoms with Gasteiger partial charge in [-0.3, -0.25) is 9.97 Å². The van der Waals surface area contributed by atoms with E-state index in [1.54, 1.807) is 91.6 Å². The molecule has 0 radical (unpaired) electrons. The van der Waals surface area contributed by atoms with Crippen molar-refractivity contribution >= 4 is 109 Å². The van der Waals surface area contributed by atoms with Gasteiger partial charge in [0.2, 0.25) is 0 Å². The summed E-state index contributed by atoms with van der Waals surface area (Å²) in [4.78, 5) is 46.3. The fraction of sp³-hybridized carbons (Fsp3) is 0.0714. The average Bonchev–Trinajstić information content (AvgIpc) is 3.31. The van der Waals surface area contributed by atoms with Gasteiger partial charge >= 0.3 is 11.9 Å². The zero-order valence-corrected chi connectivity index (χ0v) is 41.6.